The first kappa shape index (κ1) is 95.5. The third-order valence-electron chi connectivity index (χ3n) is 9.54. The molecule has 0 bridgehead atoms. The molecule has 0 saturated carbocycles. The molecule has 1 fully saturated rings. The van der Waals surface area contributed by atoms with Crippen LogP contribution in [0.5, 0.6) is 0 Å². The SMILES string of the molecule is CCC(N)CO.CCCCC(CC)CN.CCCCCCN.CCCCN.CN(C)CCCN.CN(C)CCN.NCCCCCCO.NCCCCO.NCCN1CCOCC1.NCCO.NCCOCCO. The zero-order valence-corrected chi connectivity index (χ0v) is 50.6. The number of morpholine rings is 1. The topological polar surface area (TPSA) is 416 Å². The third-order valence-corrected chi connectivity index (χ3v) is 9.54. The van der Waals surface area contributed by atoms with E-state index in [-0.39, 0.29) is 32.5 Å². The number of hydrogen-bond donors (Lipinski definition) is 16. The summed E-state index contributed by atoms with van der Waals surface area (Å²) in [7, 11) is 8.12. The van der Waals surface area contributed by atoms with Gasteiger partial charge in [-0.05, 0) is 138 Å². The van der Waals surface area contributed by atoms with Crippen LogP contribution < -0.4 is 63.1 Å². The highest BCUT2D eigenvalue weighted by Gasteiger charge is 2.07. The Labute approximate surface area is 459 Å². The Bertz CT molecular complexity index is 724. The summed E-state index contributed by atoms with van der Waals surface area (Å²) < 4.78 is 9.92. The second-order valence-corrected chi connectivity index (χ2v) is 17.6. The van der Waals surface area contributed by atoms with Crippen molar-refractivity contribution in [1.82, 2.24) is 14.7 Å². The molecule has 0 amide bonds. The summed E-state index contributed by atoms with van der Waals surface area (Å²) in [5.41, 5.74) is 57.2. The fourth-order valence-electron chi connectivity index (χ4n) is 4.67. The number of nitrogens with zero attached hydrogens (tertiary/aromatic N) is 3. The zero-order chi connectivity index (χ0) is 59.0. The smallest absolute Gasteiger partial charge is 0.0698 e. The predicted molar refractivity (Wildman–Crippen MR) is 324 cm³/mol. The zero-order valence-electron chi connectivity index (χ0n) is 50.6. The van der Waals surface area contributed by atoms with Crippen LogP contribution in [-0.2, 0) is 9.47 Å². The molecule has 1 aliphatic heterocycles. The molecule has 1 aliphatic rings. The maximum atomic E-state index is 8.33. The lowest BCUT2D eigenvalue weighted by molar-refractivity contribution is 0.0394. The van der Waals surface area contributed by atoms with Gasteiger partial charge < -0.3 is 108 Å². The summed E-state index contributed by atoms with van der Waals surface area (Å²) in [6, 6.07) is -0.00926. The molecule has 0 aromatic rings. The fourth-order valence-corrected chi connectivity index (χ4v) is 4.67. The highest BCUT2D eigenvalue weighted by Crippen LogP contribution is 2.09. The second kappa shape index (κ2) is 108. The molecule has 0 spiro atoms. The lowest BCUT2D eigenvalue weighted by Gasteiger charge is -2.25. The van der Waals surface area contributed by atoms with Crippen molar-refractivity contribution in [3.63, 3.8) is 0 Å². The molecular weight excluding hydrogens is 945 g/mol. The Morgan fingerprint density at radius 2 is 0.905 bits per heavy atom. The Kier molecular flexibility index (Phi) is 139. The van der Waals surface area contributed by atoms with E-state index in [0.717, 1.165) is 149 Å². The summed E-state index contributed by atoms with van der Waals surface area (Å²) in [6.45, 7) is 26.8. The summed E-state index contributed by atoms with van der Waals surface area (Å²) in [5.74, 6) is 0.782. The van der Waals surface area contributed by atoms with E-state index in [2.05, 4.69) is 56.5 Å². The van der Waals surface area contributed by atoms with Crippen LogP contribution in [0.3, 0.4) is 0 Å². The van der Waals surface area contributed by atoms with Gasteiger partial charge in [0.1, 0.15) is 0 Å². The molecule has 2 unspecified atom stereocenters. The van der Waals surface area contributed by atoms with E-state index in [9.17, 15) is 0 Å². The molecule has 464 valence electrons. The number of unbranched alkanes of at least 4 members (excludes halogenated alkanes) is 9. The van der Waals surface area contributed by atoms with Gasteiger partial charge in [-0.2, -0.15) is 0 Å². The van der Waals surface area contributed by atoms with E-state index in [1.54, 1.807) is 0 Å². The average Bonchev–Trinajstić information content (AvgIpc) is 3.41. The van der Waals surface area contributed by atoms with E-state index in [0.29, 0.717) is 39.5 Å². The van der Waals surface area contributed by atoms with Crippen LogP contribution in [0.25, 0.3) is 0 Å². The maximum absolute atomic E-state index is 8.33. The predicted octanol–water partition coefficient (Wildman–Crippen LogP) is 0.936. The molecule has 1 heterocycles. The first-order chi connectivity index (χ1) is 35.6. The van der Waals surface area contributed by atoms with Crippen LogP contribution in [-0.4, -0.2) is 232 Å². The largest absolute Gasteiger partial charge is 0.396 e. The maximum Gasteiger partial charge on any atom is 0.0698 e. The normalized spacial score (nSPS) is 11.9. The molecule has 21 heteroatoms. The fraction of sp³-hybridized carbons (Fsp3) is 1.00. The van der Waals surface area contributed by atoms with Crippen LogP contribution in [0.4, 0.5) is 0 Å². The van der Waals surface area contributed by atoms with Gasteiger partial charge in [-0.15, -0.1) is 0 Å². The number of likely N-dealkylation sites (N-methyl/N-ethyl adjacent to an activating group) is 1. The van der Waals surface area contributed by atoms with Crippen molar-refractivity contribution >= 4 is 0 Å². The number of aliphatic hydroxyl groups is 5. The Balaban J connectivity index is -0.0000000766. The third kappa shape index (κ3) is 151. The number of hydrogen-bond acceptors (Lipinski definition) is 21. The van der Waals surface area contributed by atoms with Gasteiger partial charge in [0.2, 0.25) is 0 Å². The van der Waals surface area contributed by atoms with Crippen LogP contribution in [0.15, 0.2) is 0 Å². The van der Waals surface area contributed by atoms with E-state index in [1.807, 2.05) is 21.0 Å². The van der Waals surface area contributed by atoms with E-state index >= 15 is 0 Å². The number of rotatable bonds is 33. The number of nitrogens with two attached hydrogens (primary N) is 11. The molecule has 1 rings (SSSR count). The standard InChI is InChI=1S/C8H19N.C6H14N2O.C6H15NO.C6H15N.C5H14N2.C4H12N2.C4H11NO2.2C4H11NO.C4H11N.C2H7NO/c1-3-5-6-8(4-2)7-9;7-1-2-8-3-5-9-6-4-8;7-5-3-1-2-4-6-8;1-2-3-4-5-6-7;1-7(2)5-3-4-6;1-6(2)4-3-5;5-1-3-7-4-2-6;1-2-4(5)3-6;5-3-1-2-4-6;1-2-3-4-5;3-1-2-4/h8H,3-7,9H2,1-2H3;1-7H2;8H,1-7H2;2-7H2,1H3;3-6H2,1-2H3;3-5H2,1-2H3;6H,1-5H2;4,6H,2-3,5H2,1H3;6H,1-5H2;2-5H2,1H3;4H,1-3H2. The van der Waals surface area contributed by atoms with Crippen molar-refractivity contribution < 1.29 is 35.0 Å². The quantitative estimate of drug-likeness (QED) is 0.0407. The summed E-state index contributed by atoms with van der Waals surface area (Å²) in [6.07, 6.45) is 20.8. The van der Waals surface area contributed by atoms with Crippen LogP contribution in [0, 0.1) is 5.92 Å². The van der Waals surface area contributed by atoms with Crippen molar-refractivity contribution in [2.75, 3.05) is 186 Å². The Morgan fingerprint density at radius 3 is 1.16 bits per heavy atom. The highest BCUT2D eigenvalue weighted by atomic mass is 16.5. The van der Waals surface area contributed by atoms with Crippen LogP contribution >= 0.6 is 0 Å². The molecule has 21 nitrogen and oxygen atoms in total. The molecule has 0 radical (unpaired) electrons. The monoisotopic (exact) mass is 1090 g/mol. The Morgan fingerprint density at radius 1 is 0.459 bits per heavy atom. The van der Waals surface area contributed by atoms with Gasteiger partial charge in [0.15, 0.2) is 0 Å². The molecule has 74 heavy (non-hydrogen) atoms. The van der Waals surface area contributed by atoms with Gasteiger partial charge in [0.05, 0.1) is 46.2 Å². The van der Waals surface area contributed by atoms with Crippen molar-refractivity contribution in [2.24, 2.45) is 69.0 Å². The van der Waals surface area contributed by atoms with Gasteiger partial charge in [-0.25, -0.2) is 0 Å². The summed E-state index contributed by atoms with van der Waals surface area (Å²) >= 11 is 0. The minimum atomic E-state index is -0.00926. The lowest BCUT2D eigenvalue weighted by Crippen LogP contribution is -2.39. The molecule has 0 aromatic carbocycles. The van der Waals surface area contributed by atoms with Crippen molar-refractivity contribution in [3.8, 4) is 0 Å². The summed E-state index contributed by atoms with van der Waals surface area (Å²) in [4.78, 5) is 6.51. The highest BCUT2D eigenvalue weighted by molar-refractivity contribution is 4.61. The van der Waals surface area contributed by atoms with Crippen molar-refractivity contribution in [1.29, 1.82) is 0 Å². The average molecular weight is 1090 g/mol. The van der Waals surface area contributed by atoms with Crippen LogP contribution in [0.2, 0.25) is 0 Å². The van der Waals surface area contributed by atoms with Crippen molar-refractivity contribution in [3.05, 3.63) is 0 Å². The van der Waals surface area contributed by atoms with Gasteiger partial charge in [0.25, 0.3) is 0 Å². The van der Waals surface area contributed by atoms with Gasteiger partial charge >= 0.3 is 0 Å². The van der Waals surface area contributed by atoms with Crippen LogP contribution in [0.1, 0.15) is 150 Å². The van der Waals surface area contributed by atoms with Gasteiger partial charge in [-0.1, -0.05) is 92.4 Å². The van der Waals surface area contributed by atoms with E-state index in [1.165, 1.54) is 64.2 Å². The first-order valence-electron chi connectivity index (χ1n) is 28.6. The van der Waals surface area contributed by atoms with Gasteiger partial charge in [0, 0.05) is 71.6 Å². The molecule has 0 aromatic heterocycles. The van der Waals surface area contributed by atoms with E-state index in [4.69, 9.17) is 98.1 Å². The van der Waals surface area contributed by atoms with Gasteiger partial charge in [-0.3, -0.25) is 4.90 Å². The minimum Gasteiger partial charge on any atom is -0.396 e. The Hall–Kier alpha value is -0.840. The number of ether oxygens (including phenoxy) is 2. The number of aliphatic hydroxyl groups excluding tert-OH is 5. The minimum absolute atomic E-state index is 0.00926. The summed E-state index contributed by atoms with van der Waals surface area (Å²) in [5, 5.41) is 40.6. The molecular formula is C53H140N14O7. The second-order valence-electron chi connectivity index (χ2n) is 17.6. The van der Waals surface area contributed by atoms with Crippen molar-refractivity contribution in [2.45, 2.75) is 156 Å². The lowest BCUT2D eigenvalue weighted by atomic mass is 10.00. The molecule has 0 aliphatic carbocycles. The molecule has 27 N–H and O–H groups in total. The van der Waals surface area contributed by atoms with E-state index < -0.39 is 0 Å². The first-order valence-corrected chi connectivity index (χ1v) is 28.6. The molecule has 2 atom stereocenters. The molecule has 1 saturated heterocycles.